The van der Waals surface area contributed by atoms with Crippen LogP contribution in [0.4, 0.5) is 0 Å². The molecule has 1 aromatic rings. The van der Waals surface area contributed by atoms with Crippen LogP contribution in [0.1, 0.15) is 39.0 Å². The number of nitrogens with one attached hydrogen (secondary N) is 1. The standard InChI is InChI=1S/C16H28N2S/c1-13(2)14-11-18(9-6-8-17-14)12-16(3,4)15-7-5-10-19-15/h5,7,10,13-14,17H,6,8-9,11-12H2,1-4H3. The Morgan fingerprint density at radius 2 is 2.26 bits per heavy atom. The van der Waals surface area contributed by atoms with Crippen LogP contribution in [0.2, 0.25) is 0 Å². The fourth-order valence-electron chi connectivity index (χ4n) is 2.91. The van der Waals surface area contributed by atoms with E-state index < -0.39 is 0 Å². The Hall–Kier alpha value is -0.380. The van der Waals surface area contributed by atoms with E-state index >= 15 is 0 Å². The van der Waals surface area contributed by atoms with Crippen molar-refractivity contribution in [1.29, 1.82) is 0 Å². The molecular weight excluding hydrogens is 252 g/mol. The molecule has 108 valence electrons. The molecule has 0 aliphatic carbocycles. The number of rotatable bonds is 4. The summed E-state index contributed by atoms with van der Waals surface area (Å²) < 4.78 is 0. The quantitative estimate of drug-likeness (QED) is 0.910. The molecule has 0 spiro atoms. The van der Waals surface area contributed by atoms with Gasteiger partial charge in [-0.15, -0.1) is 11.3 Å². The van der Waals surface area contributed by atoms with E-state index in [-0.39, 0.29) is 5.41 Å². The smallest absolute Gasteiger partial charge is 0.0217 e. The highest BCUT2D eigenvalue weighted by Gasteiger charge is 2.28. The second-order valence-electron chi connectivity index (χ2n) is 6.75. The number of thiophene rings is 1. The van der Waals surface area contributed by atoms with Gasteiger partial charge < -0.3 is 10.2 Å². The van der Waals surface area contributed by atoms with Crippen molar-refractivity contribution in [3.05, 3.63) is 22.4 Å². The number of nitrogens with zero attached hydrogens (tertiary/aromatic N) is 1. The molecule has 1 fully saturated rings. The normalized spacial score (nSPS) is 22.7. The van der Waals surface area contributed by atoms with Crippen LogP contribution in [0.25, 0.3) is 0 Å². The molecule has 1 saturated heterocycles. The second-order valence-corrected chi connectivity index (χ2v) is 7.70. The van der Waals surface area contributed by atoms with Gasteiger partial charge in [0.2, 0.25) is 0 Å². The monoisotopic (exact) mass is 280 g/mol. The van der Waals surface area contributed by atoms with Gasteiger partial charge in [0, 0.05) is 29.4 Å². The zero-order valence-electron chi connectivity index (χ0n) is 12.8. The highest BCUT2D eigenvalue weighted by Crippen LogP contribution is 2.29. The zero-order valence-corrected chi connectivity index (χ0v) is 13.6. The van der Waals surface area contributed by atoms with E-state index in [0.717, 1.165) is 0 Å². The predicted octanol–water partition coefficient (Wildman–Crippen LogP) is 3.35. The second kappa shape index (κ2) is 6.38. The van der Waals surface area contributed by atoms with Gasteiger partial charge in [-0.25, -0.2) is 0 Å². The van der Waals surface area contributed by atoms with Crippen LogP contribution in [-0.2, 0) is 5.41 Å². The molecule has 1 aromatic heterocycles. The Labute approximate surface area is 122 Å². The van der Waals surface area contributed by atoms with Crippen molar-refractivity contribution in [2.45, 2.75) is 45.6 Å². The SMILES string of the molecule is CC(C)C1CN(CC(C)(C)c2cccs2)CCCN1. The van der Waals surface area contributed by atoms with Gasteiger partial charge in [0.05, 0.1) is 0 Å². The lowest BCUT2D eigenvalue weighted by Crippen LogP contribution is -2.44. The van der Waals surface area contributed by atoms with Gasteiger partial charge in [-0.3, -0.25) is 0 Å². The molecule has 0 amide bonds. The maximum Gasteiger partial charge on any atom is 0.0217 e. The molecule has 0 radical (unpaired) electrons. The fourth-order valence-corrected chi connectivity index (χ4v) is 3.76. The summed E-state index contributed by atoms with van der Waals surface area (Å²) in [5.74, 6) is 0.713. The van der Waals surface area contributed by atoms with Crippen molar-refractivity contribution in [3.63, 3.8) is 0 Å². The first-order valence-electron chi connectivity index (χ1n) is 7.49. The summed E-state index contributed by atoms with van der Waals surface area (Å²) in [6, 6.07) is 5.09. The minimum atomic E-state index is 0.264. The fraction of sp³-hybridized carbons (Fsp3) is 0.750. The van der Waals surface area contributed by atoms with Gasteiger partial charge in [0.15, 0.2) is 0 Å². The molecule has 1 aliphatic heterocycles. The Morgan fingerprint density at radius 1 is 1.47 bits per heavy atom. The van der Waals surface area contributed by atoms with Gasteiger partial charge in [-0.2, -0.15) is 0 Å². The molecule has 0 saturated carbocycles. The molecular formula is C16H28N2S. The van der Waals surface area contributed by atoms with E-state index in [4.69, 9.17) is 0 Å². The first-order chi connectivity index (χ1) is 8.99. The van der Waals surface area contributed by atoms with E-state index in [1.54, 1.807) is 0 Å². The van der Waals surface area contributed by atoms with Crippen molar-refractivity contribution in [1.82, 2.24) is 10.2 Å². The molecule has 0 bridgehead atoms. The number of hydrogen-bond donors (Lipinski definition) is 1. The Kier molecular flexibility index (Phi) is 5.04. The van der Waals surface area contributed by atoms with Crippen molar-refractivity contribution < 1.29 is 0 Å². The minimum Gasteiger partial charge on any atom is -0.312 e. The lowest BCUT2D eigenvalue weighted by Gasteiger charge is -2.33. The van der Waals surface area contributed by atoms with Gasteiger partial charge in [0.25, 0.3) is 0 Å². The van der Waals surface area contributed by atoms with Crippen LogP contribution in [0, 0.1) is 5.92 Å². The molecule has 2 heterocycles. The maximum absolute atomic E-state index is 3.69. The van der Waals surface area contributed by atoms with Crippen molar-refractivity contribution >= 4 is 11.3 Å². The average molecular weight is 280 g/mol. The van der Waals surface area contributed by atoms with E-state index in [1.165, 1.54) is 37.5 Å². The van der Waals surface area contributed by atoms with Gasteiger partial charge in [-0.1, -0.05) is 33.8 Å². The molecule has 2 rings (SSSR count). The van der Waals surface area contributed by atoms with Crippen molar-refractivity contribution in [2.75, 3.05) is 26.2 Å². The van der Waals surface area contributed by atoms with Gasteiger partial charge in [0.1, 0.15) is 0 Å². The van der Waals surface area contributed by atoms with Crippen molar-refractivity contribution in [2.24, 2.45) is 5.92 Å². The third kappa shape index (κ3) is 4.04. The van der Waals surface area contributed by atoms with E-state index in [9.17, 15) is 0 Å². The molecule has 0 aromatic carbocycles. The average Bonchev–Trinajstić information content (AvgIpc) is 2.78. The Balaban J connectivity index is 2.00. The Bertz CT molecular complexity index is 370. The highest BCUT2D eigenvalue weighted by atomic mass is 32.1. The Morgan fingerprint density at radius 3 is 2.89 bits per heavy atom. The van der Waals surface area contributed by atoms with E-state index in [2.05, 4.69) is 55.4 Å². The minimum absolute atomic E-state index is 0.264. The molecule has 2 nitrogen and oxygen atoms in total. The molecule has 1 unspecified atom stereocenters. The predicted molar refractivity (Wildman–Crippen MR) is 85.0 cm³/mol. The lowest BCUT2D eigenvalue weighted by molar-refractivity contribution is 0.207. The van der Waals surface area contributed by atoms with Crippen LogP contribution in [-0.4, -0.2) is 37.1 Å². The maximum atomic E-state index is 3.69. The third-order valence-corrected chi connectivity index (χ3v) is 5.36. The molecule has 3 heteroatoms. The largest absolute Gasteiger partial charge is 0.312 e. The first-order valence-corrected chi connectivity index (χ1v) is 8.37. The zero-order chi connectivity index (χ0) is 13.9. The molecule has 1 atom stereocenters. The van der Waals surface area contributed by atoms with Crippen molar-refractivity contribution in [3.8, 4) is 0 Å². The topological polar surface area (TPSA) is 15.3 Å². The lowest BCUT2D eigenvalue weighted by atomic mass is 9.90. The summed E-state index contributed by atoms with van der Waals surface area (Å²) in [4.78, 5) is 4.16. The van der Waals surface area contributed by atoms with Crippen LogP contribution in [0.3, 0.4) is 0 Å². The third-order valence-electron chi connectivity index (χ3n) is 4.12. The summed E-state index contributed by atoms with van der Waals surface area (Å²) in [6.07, 6.45) is 1.27. The van der Waals surface area contributed by atoms with Crippen LogP contribution >= 0.6 is 11.3 Å². The summed E-state index contributed by atoms with van der Waals surface area (Å²) in [5.41, 5.74) is 0.264. The molecule has 1 N–H and O–H groups in total. The van der Waals surface area contributed by atoms with Gasteiger partial charge in [-0.05, 0) is 36.9 Å². The summed E-state index contributed by atoms with van der Waals surface area (Å²) in [7, 11) is 0. The van der Waals surface area contributed by atoms with Gasteiger partial charge >= 0.3 is 0 Å². The molecule has 1 aliphatic rings. The summed E-state index contributed by atoms with van der Waals surface area (Å²) in [5, 5.41) is 5.88. The first kappa shape index (κ1) is 15.0. The highest BCUT2D eigenvalue weighted by molar-refractivity contribution is 7.10. The summed E-state index contributed by atoms with van der Waals surface area (Å²) >= 11 is 1.89. The molecule has 19 heavy (non-hydrogen) atoms. The van der Waals surface area contributed by atoms with Crippen LogP contribution in [0.15, 0.2) is 17.5 Å². The number of hydrogen-bond acceptors (Lipinski definition) is 3. The van der Waals surface area contributed by atoms with E-state index in [0.29, 0.717) is 12.0 Å². The van der Waals surface area contributed by atoms with Crippen LogP contribution < -0.4 is 5.32 Å². The summed E-state index contributed by atoms with van der Waals surface area (Å²) in [6.45, 7) is 14.1. The van der Waals surface area contributed by atoms with Crippen LogP contribution in [0.5, 0.6) is 0 Å². The van der Waals surface area contributed by atoms with E-state index in [1.807, 2.05) is 11.3 Å².